The van der Waals surface area contributed by atoms with Crippen LogP contribution in [0.15, 0.2) is 18.2 Å². The lowest BCUT2D eigenvalue weighted by Gasteiger charge is -2.12. The van der Waals surface area contributed by atoms with E-state index in [-0.39, 0.29) is 11.0 Å². The Hall–Kier alpha value is -1.82. The molecule has 0 fully saturated rings. The van der Waals surface area contributed by atoms with E-state index in [0.717, 1.165) is 31.4 Å². The Bertz CT molecular complexity index is 506. The fraction of sp³-hybridized carbons (Fsp3) is 0.500. The smallest absolute Gasteiger partial charge is 0.226 e. The zero-order valence-electron chi connectivity index (χ0n) is 13.4. The number of hydrogen-bond donors (Lipinski definition) is 2. The highest BCUT2D eigenvalue weighted by Crippen LogP contribution is 2.29. The summed E-state index contributed by atoms with van der Waals surface area (Å²) < 4.78 is 10.4. The lowest BCUT2D eigenvalue weighted by molar-refractivity contribution is -0.119. The van der Waals surface area contributed by atoms with Gasteiger partial charge in [-0.1, -0.05) is 26.2 Å². The van der Waals surface area contributed by atoms with Crippen molar-refractivity contribution < 1.29 is 14.3 Å². The van der Waals surface area contributed by atoms with Gasteiger partial charge in [0.05, 0.1) is 14.2 Å². The maximum Gasteiger partial charge on any atom is 0.226 e. The number of hydrogen-bond acceptors (Lipinski definition) is 4. The Morgan fingerprint density at radius 2 is 1.86 bits per heavy atom. The van der Waals surface area contributed by atoms with Gasteiger partial charge in [-0.15, -0.1) is 0 Å². The summed E-state index contributed by atoms with van der Waals surface area (Å²) in [5.41, 5.74) is 0.730. The van der Waals surface area contributed by atoms with Gasteiger partial charge in [-0.2, -0.15) is 0 Å². The van der Waals surface area contributed by atoms with Gasteiger partial charge in [0.25, 0.3) is 0 Å². The molecule has 0 aromatic heterocycles. The van der Waals surface area contributed by atoms with Crippen LogP contribution in [0, 0.1) is 0 Å². The average molecular weight is 324 g/mol. The summed E-state index contributed by atoms with van der Waals surface area (Å²) in [7, 11) is 3.15. The predicted molar refractivity (Wildman–Crippen MR) is 92.7 cm³/mol. The molecule has 0 heterocycles. The molecule has 0 saturated heterocycles. The zero-order chi connectivity index (χ0) is 16.4. The lowest BCUT2D eigenvalue weighted by Crippen LogP contribution is -2.33. The number of anilines is 1. The molecule has 0 unspecified atom stereocenters. The predicted octanol–water partition coefficient (Wildman–Crippen LogP) is 3.49. The topological polar surface area (TPSA) is 59.6 Å². The molecule has 2 N–H and O–H groups in total. The van der Waals surface area contributed by atoms with Crippen molar-refractivity contribution in [3.05, 3.63) is 18.2 Å². The minimum absolute atomic E-state index is 0.0610. The van der Waals surface area contributed by atoms with Crippen molar-refractivity contribution in [1.82, 2.24) is 5.32 Å². The fourth-order valence-electron chi connectivity index (χ4n) is 1.98. The van der Waals surface area contributed by atoms with Gasteiger partial charge in [-0.3, -0.25) is 4.79 Å². The van der Waals surface area contributed by atoms with Crippen LogP contribution in [0.5, 0.6) is 11.5 Å². The van der Waals surface area contributed by atoms with E-state index in [0.29, 0.717) is 17.9 Å². The van der Waals surface area contributed by atoms with Gasteiger partial charge in [0, 0.05) is 18.2 Å². The molecular weight excluding hydrogens is 300 g/mol. The number of thiocarbonyl (C=S) groups is 1. The first-order valence-corrected chi connectivity index (χ1v) is 7.84. The molecule has 1 amide bonds. The summed E-state index contributed by atoms with van der Waals surface area (Å²) in [5.74, 6) is 1.18. The van der Waals surface area contributed by atoms with Crippen molar-refractivity contribution in [1.29, 1.82) is 0 Å². The van der Waals surface area contributed by atoms with Crippen LogP contribution in [-0.4, -0.2) is 25.2 Å². The van der Waals surface area contributed by atoms with Crippen molar-refractivity contribution in [2.24, 2.45) is 0 Å². The van der Waals surface area contributed by atoms with Crippen LogP contribution in [0.1, 0.15) is 39.0 Å². The van der Waals surface area contributed by atoms with Crippen LogP contribution < -0.4 is 20.1 Å². The molecule has 6 heteroatoms. The van der Waals surface area contributed by atoms with Crippen LogP contribution in [0.3, 0.4) is 0 Å². The normalized spacial score (nSPS) is 9.95. The third-order valence-corrected chi connectivity index (χ3v) is 3.36. The van der Waals surface area contributed by atoms with Gasteiger partial charge in [0.15, 0.2) is 16.6 Å². The highest BCUT2D eigenvalue weighted by Gasteiger charge is 2.07. The fourth-order valence-corrected chi connectivity index (χ4v) is 2.21. The van der Waals surface area contributed by atoms with E-state index in [1.807, 2.05) is 0 Å². The van der Waals surface area contributed by atoms with E-state index in [2.05, 4.69) is 17.6 Å². The van der Waals surface area contributed by atoms with Crippen LogP contribution in [0.4, 0.5) is 5.69 Å². The molecule has 0 radical (unpaired) electrons. The quantitative estimate of drug-likeness (QED) is 0.566. The van der Waals surface area contributed by atoms with Crippen molar-refractivity contribution in [3.63, 3.8) is 0 Å². The SMILES string of the molecule is CCCCCCC(=O)NC(=S)Nc1ccc(OC)c(OC)c1. The molecule has 0 aliphatic rings. The van der Waals surface area contributed by atoms with E-state index in [1.54, 1.807) is 32.4 Å². The van der Waals surface area contributed by atoms with Crippen LogP contribution >= 0.6 is 12.2 Å². The number of carbonyl (C=O) groups excluding carboxylic acids is 1. The lowest BCUT2D eigenvalue weighted by atomic mass is 10.1. The Labute approximate surface area is 137 Å². The van der Waals surface area contributed by atoms with E-state index < -0.39 is 0 Å². The van der Waals surface area contributed by atoms with Gasteiger partial charge in [-0.25, -0.2) is 0 Å². The minimum Gasteiger partial charge on any atom is -0.493 e. The number of benzene rings is 1. The van der Waals surface area contributed by atoms with Crippen LogP contribution in [0.25, 0.3) is 0 Å². The summed E-state index contributed by atoms with van der Waals surface area (Å²) in [6.45, 7) is 2.14. The number of methoxy groups -OCH3 is 2. The highest BCUT2D eigenvalue weighted by molar-refractivity contribution is 7.80. The second-order valence-corrected chi connectivity index (χ2v) is 5.29. The van der Waals surface area contributed by atoms with E-state index in [4.69, 9.17) is 21.7 Å². The molecule has 0 saturated carbocycles. The summed E-state index contributed by atoms with van der Waals surface area (Å²) >= 11 is 5.14. The monoisotopic (exact) mass is 324 g/mol. The number of rotatable bonds is 8. The largest absolute Gasteiger partial charge is 0.493 e. The Morgan fingerprint density at radius 1 is 1.14 bits per heavy atom. The molecule has 0 atom stereocenters. The number of ether oxygens (including phenoxy) is 2. The maximum atomic E-state index is 11.7. The Morgan fingerprint density at radius 3 is 2.50 bits per heavy atom. The van der Waals surface area contributed by atoms with Gasteiger partial charge >= 0.3 is 0 Å². The third kappa shape index (κ3) is 6.30. The van der Waals surface area contributed by atoms with Crippen molar-refractivity contribution in [3.8, 4) is 11.5 Å². The molecule has 1 rings (SSSR count). The van der Waals surface area contributed by atoms with Crippen LogP contribution in [0.2, 0.25) is 0 Å². The van der Waals surface area contributed by atoms with Gasteiger partial charge in [-0.05, 0) is 30.8 Å². The summed E-state index contributed by atoms with van der Waals surface area (Å²) in [6, 6.07) is 5.34. The van der Waals surface area contributed by atoms with E-state index in [9.17, 15) is 4.79 Å². The van der Waals surface area contributed by atoms with Gasteiger partial charge in [0.1, 0.15) is 0 Å². The number of carbonyl (C=O) groups is 1. The molecule has 1 aromatic carbocycles. The molecule has 1 aromatic rings. The summed E-state index contributed by atoms with van der Waals surface area (Å²) in [5, 5.41) is 5.93. The molecule has 122 valence electrons. The molecule has 0 bridgehead atoms. The second kappa shape index (κ2) is 10.00. The number of amides is 1. The first-order valence-electron chi connectivity index (χ1n) is 7.43. The Kier molecular flexibility index (Phi) is 8.28. The molecule has 0 spiro atoms. The molecular formula is C16H24N2O3S. The highest BCUT2D eigenvalue weighted by atomic mass is 32.1. The second-order valence-electron chi connectivity index (χ2n) is 4.88. The summed E-state index contributed by atoms with van der Waals surface area (Å²) in [6.07, 6.45) is 4.76. The van der Waals surface area contributed by atoms with Crippen molar-refractivity contribution >= 4 is 28.9 Å². The average Bonchev–Trinajstić information content (AvgIpc) is 2.51. The van der Waals surface area contributed by atoms with Crippen LogP contribution in [-0.2, 0) is 4.79 Å². The van der Waals surface area contributed by atoms with E-state index in [1.165, 1.54) is 0 Å². The Balaban J connectivity index is 2.46. The van der Waals surface area contributed by atoms with Crippen molar-refractivity contribution in [2.45, 2.75) is 39.0 Å². The van der Waals surface area contributed by atoms with Crippen molar-refractivity contribution in [2.75, 3.05) is 19.5 Å². The third-order valence-electron chi connectivity index (χ3n) is 3.15. The standard InChI is InChI=1S/C16H24N2O3S/c1-4-5-6-7-8-15(19)18-16(22)17-12-9-10-13(20-2)14(11-12)21-3/h9-11H,4-8H2,1-3H3,(H2,17,18,19,22). The number of nitrogens with one attached hydrogen (secondary N) is 2. The van der Waals surface area contributed by atoms with E-state index >= 15 is 0 Å². The minimum atomic E-state index is -0.0610. The summed E-state index contributed by atoms with van der Waals surface area (Å²) in [4.78, 5) is 11.7. The zero-order valence-corrected chi connectivity index (χ0v) is 14.2. The molecule has 0 aliphatic heterocycles. The molecule has 22 heavy (non-hydrogen) atoms. The first-order chi connectivity index (χ1) is 10.6. The van der Waals surface area contributed by atoms with Gasteiger partial charge < -0.3 is 20.1 Å². The maximum absolute atomic E-state index is 11.7. The van der Waals surface area contributed by atoms with Gasteiger partial charge in [0.2, 0.25) is 5.91 Å². The molecule has 5 nitrogen and oxygen atoms in total. The number of unbranched alkanes of at least 4 members (excludes halogenated alkanes) is 3. The first kappa shape index (κ1) is 18.2. The molecule has 0 aliphatic carbocycles.